The van der Waals surface area contributed by atoms with Crippen molar-refractivity contribution in [2.75, 3.05) is 0 Å². The van der Waals surface area contributed by atoms with Gasteiger partial charge in [-0.2, -0.15) is 0 Å². The summed E-state index contributed by atoms with van der Waals surface area (Å²) in [6.45, 7) is 0. The van der Waals surface area contributed by atoms with E-state index in [1.54, 1.807) is 24.3 Å². The fraction of sp³-hybridized carbons (Fsp3) is 0. The van der Waals surface area contributed by atoms with E-state index in [-0.39, 0.29) is 5.84 Å². The molecule has 1 aromatic carbocycles. The van der Waals surface area contributed by atoms with Crippen molar-refractivity contribution in [3.05, 3.63) is 47.1 Å². The van der Waals surface area contributed by atoms with Crippen molar-refractivity contribution in [3.8, 4) is 11.3 Å². The van der Waals surface area contributed by atoms with Crippen molar-refractivity contribution in [2.45, 2.75) is 0 Å². The molecular formula is C11H9ClN4. The van der Waals surface area contributed by atoms with E-state index in [1.165, 1.54) is 0 Å². The van der Waals surface area contributed by atoms with Crippen LogP contribution < -0.4 is 5.73 Å². The Morgan fingerprint density at radius 1 is 1.06 bits per heavy atom. The summed E-state index contributed by atoms with van der Waals surface area (Å²) in [4.78, 5) is 0. The lowest BCUT2D eigenvalue weighted by Gasteiger charge is -2.01. The van der Waals surface area contributed by atoms with E-state index in [9.17, 15) is 0 Å². The summed E-state index contributed by atoms with van der Waals surface area (Å²) in [5, 5.41) is 15.4. The highest BCUT2D eigenvalue weighted by atomic mass is 35.5. The second-order valence-electron chi connectivity index (χ2n) is 3.23. The maximum absolute atomic E-state index is 7.27. The number of benzene rings is 1. The summed E-state index contributed by atoms with van der Waals surface area (Å²) in [7, 11) is 0. The Morgan fingerprint density at radius 2 is 1.75 bits per heavy atom. The molecule has 0 fully saturated rings. The van der Waals surface area contributed by atoms with Crippen LogP contribution in [0.15, 0.2) is 36.4 Å². The molecule has 0 saturated heterocycles. The van der Waals surface area contributed by atoms with Crippen LogP contribution in [-0.2, 0) is 0 Å². The second-order valence-corrected chi connectivity index (χ2v) is 3.62. The maximum atomic E-state index is 7.27. The van der Waals surface area contributed by atoms with E-state index in [1.807, 2.05) is 12.1 Å². The van der Waals surface area contributed by atoms with E-state index in [4.69, 9.17) is 22.7 Å². The largest absolute Gasteiger partial charge is 0.384 e. The van der Waals surface area contributed by atoms with Gasteiger partial charge in [0, 0.05) is 11.1 Å². The van der Waals surface area contributed by atoms with E-state index in [0.29, 0.717) is 10.7 Å². The lowest BCUT2D eigenvalue weighted by Crippen LogP contribution is -2.10. The molecule has 0 spiro atoms. The van der Waals surface area contributed by atoms with Crippen LogP contribution >= 0.6 is 11.6 Å². The molecule has 0 aliphatic carbocycles. The molecule has 0 atom stereocenters. The zero-order valence-electron chi connectivity index (χ0n) is 8.31. The Balaban J connectivity index is 2.34. The summed E-state index contributed by atoms with van der Waals surface area (Å²) in [5.41, 5.74) is 7.69. The molecule has 1 heterocycles. The van der Waals surface area contributed by atoms with Crippen LogP contribution in [0.25, 0.3) is 11.3 Å². The Labute approximate surface area is 97.6 Å². The van der Waals surface area contributed by atoms with Crippen LogP contribution in [0.2, 0.25) is 5.15 Å². The molecule has 1 aromatic heterocycles. The van der Waals surface area contributed by atoms with Crippen LogP contribution in [0.3, 0.4) is 0 Å². The smallest absolute Gasteiger partial charge is 0.151 e. The lowest BCUT2D eigenvalue weighted by atomic mass is 10.1. The number of hydrogen-bond donors (Lipinski definition) is 2. The number of nitrogen functional groups attached to an aromatic ring is 1. The van der Waals surface area contributed by atoms with Gasteiger partial charge in [0.1, 0.15) is 5.84 Å². The van der Waals surface area contributed by atoms with Gasteiger partial charge >= 0.3 is 0 Å². The van der Waals surface area contributed by atoms with Crippen molar-refractivity contribution in [3.63, 3.8) is 0 Å². The third-order valence-electron chi connectivity index (χ3n) is 2.12. The van der Waals surface area contributed by atoms with Crippen LogP contribution in [0, 0.1) is 5.41 Å². The Morgan fingerprint density at radius 3 is 2.25 bits per heavy atom. The quantitative estimate of drug-likeness (QED) is 0.615. The van der Waals surface area contributed by atoms with Crippen LogP contribution in [0.1, 0.15) is 5.56 Å². The minimum atomic E-state index is 0.0498. The third kappa shape index (κ3) is 2.17. The van der Waals surface area contributed by atoms with Gasteiger partial charge in [0.2, 0.25) is 0 Å². The molecule has 16 heavy (non-hydrogen) atoms. The molecule has 3 N–H and O–H groups in total. The fourth-order valence-corrected chi connectivity index (χ4v) is 1.39. The highest BCUT2D eigenvalue weighted by Gasteiger charge is 2.01. The first-order valence-corrected chi connectivity index (χ1v) is 4.98. The summed E-state index contributed by atoms with van der Waals surface area (Å²) in [5.74, 6) is 0.0498. The minimum absolute atomic E-state index is 0.0498. The summed E-state index contributed by atoms with van der Waals surface area (Å²) >= 11 is 5.65. The molecule has 5 heteroatoms. The summed E-state index contributed by atoms with van der Waals surface area (Å²) in [6, 6.07) is 10.7. The van der Waals surface area contributed by atoms with E-state index in [2.05, 4.69) is 10.2 Å². The monoisotopic (exact) mass is 232 g/mol. The molecule has 0 saturated carbocycles. The number of nitrogens with one attached hydrogen (secondary N) is 1. The van der Waals surface area contributed by atoms with E-state index < -0.39 is 0 Å². The van der Waals surface area contributed by atoms with Crippen molar-refractivity contribution in [1.82, 2.24) is 10.2 Å². The van der Waals surface area contributed by atoms with Gasteiger partial charge in [0.15, 0.2) is 5.15 Å². The number of halogens is 1. The van der Waals surface area contributed by atoms with Gasteiger partial charge in [-0.05, 0) is 12.1 Å². The molecule has 0 amide bonds. The van der Waals surface area contributed by atoms with Crippen molar-refractivity contribution in [1.29, 1.82) is 5.41 Å². The molecule has 0 radical (unpaired) electrons. The molecule has 0 aliphatic rings. The van der Waals surface area contributed by atoms with Crippen LogP contribution in [0.4, 0.5) is 0 Å². The number of amidine groups is 1. The Kier molecular flexibility index (Phi) is 2.83. The lowest BCUT2D eigenvalue weighted by molar-refractivity contribution is 1.04. The number of aromatic nitrogens is 2. The average molecular weight is 233 g/mol. The molecular weight excluding hydrogens is 224 g/mol. The first-order chi connectivity index (χ1) is 7.66. The predicted molar refractivity (Wildman–Crippen MR) is 63.5 cm³/mol. The van der Waals surface area contributed by atoms with Crippen LogP contribution in [-0.4, -0.2) is 16.0 Å². The maximum Gasteiger partial charge on any atom is 0.151 e. The van der Waals surface area contributed by atoms with Crippen molar-refractivity contribution >= 4 is 17.4 Å². The third-order valence-corrected chi connectivity index (χ3v) is 2.33. The van der Waals surface area contributed by atoms with E-state index >= 15 is 0 Å². The van der Waals surface area contributed by atoms with Gasteiger partial charge in [-0.25, -0.2) is 0 Å². The van der Waals surface area contributed by atoms with Crippen molar-refractivity contribution < 1.29 is 0 Å². The Hall–Kier alpha value is -1.94. The molecule has 80 valence electrons. The normalized spacial score (nSPS) is 10.1. The summed E-state index contributed by atoms with van der Waals surface area (Å²) < 4.78 is 0. The molecule has 0 bridgehead atoms. The number of nitrogens with two attached hydrogens (primary N) is 1. The highest BCUT2D eigenvalue weighted by molar-refractivity contribution is 6.29. The Bertz CT molecular complexity index is 505. The van der Waals surface area contributed by atoms with Gasteiger partial charge in [0.25, 0.3) is 0 Å². The van der Waals surface area contributed by atoms with Gasteiger partial charge in [-0.1, -0.05) is 35.9 Å². The zero-order valence-corrected chi connectivity index (χ0v) is 9.07. The molecule has 4 nitrogen and oxygen atoms in total. The fourth-order valence-electron chi connectivity index (χ4n) is 1.29. The molecule has 0 aliphatic heterocycles. The molecule has 0 unspecified atom stereocenters. The topological polar surface area (TPSA) is 75.7 Å². The first-order valence-electron chi connectivity index (χ1n) is 4.61. The van der Waals surface area contributed by atoms with Gasteiger partial charge < -0.3 is 5.73 Å². The molecule has 2 aromatic rings. The van der Waals surface area contributed by atoms with Gasteiger partial charge in [-0.3, -0.25) is 5.41 Å². The van der Waals surface area contributed by atoms with Crippen LogP contribution in [0.5, 0.6) is 0 Å². The highest BCUT2D eigenvalue weighted by Crippen LogP contribution is 2.17. The van der Waals surface area contributed by atoms with E-state index in [0.717, 1.165) is 11.3 Å². The van der Waals surface area contributed by atoms with Crippen molar-refractivity contribution in [2.24, 2.45) is 5.73 Å². The predicted octanol–water partition coefficient (Wildman–Crippen LogP) is 2.08. The van der Waals surface area contributed by atoms with Gasteiger partial charge in [-0.15, -0.1) is 10.2 Å². The molecule has 2 rings (SSSR count). The standard InChI is InChI=1S/C11H9ClN4/c12-10-6-5-9(15-16-10)7-1-3-8(4-2-7)11(13)14/h1-6H,(H3,13,14). The average Bonchev–Trinajstić information content (AvgIpc) is 2.30. The SMILES string of the molecule is N=C(N)c1ccc(-c2ccc(Cl)nn2)cc1. The number of rotatable bonds is 2. The van der Waals surface area contributed by atoms with Gasteiger partial charge in [0.05, 0.1) is 5.69 Å². The zero-order chi connectivity index (χ0) is 11.5. The number of nitrogens with zero attached hydrogens (tertiary/aromatic N) is 2. The summed E-state index contributed by atoms with van der Waals surface area (Å²) in [6.07, 6.45) is 0. The first kappa shape index (κ1) is 10.6. The number of hydrogen-bond acceptors (Lipinski definition) is 3. The minimum Gasteiger partial charge on any atom is -0.384 e. The second kappa shape index (κ2) is 4.28.